The van der Waals surface area contributed by atoms with Crippen LogP contribution in [0, 0.1) is 0 Å². The van der Waals surface area contributed by atoms with Crippen molar-refractivity contribution < 1.29 is 20.1 Å². The summed E-state index contributed by atoms with van der Waals surface area (Å²) in [5.74, 6) is -0.823. The molecule has 1 aromatic rings. The number of benzene rings is 1. The molecule has 4 nitrogen and oxygen atoms in total. The Morgan fingerprint density at radius 1 is 1.00 bits per heavy atom. The molecule has 0 amide bonds. The first-order valence-corrected chi connectivity index (χ1v) is 6.26. The van der Waals surface area contributed by atoms with Gasteiger partial charge in [0, 0.05) is 6.42 Å². The van der Waals surface area contributed by atoms with Crippen LogP contribution in [-0.4, -0.2) is 21.3 Å². The maximum absolute atomic E-state index is 10.0. The lowest BCUT2D eigenvalue weighted by Crippen LogP contribution is -1.93. The molecule has 0 heterocycles. The molecule has 0 unspecified atom stereocenters. The van der Waals surface area contributed by atoms with E-state index in [0.29, 0.717) is 6.42 Å². The highest BCUT2D eigenvalue weighted by molar-refractivity contribution is 5.66. The second-order valence-electron chi connectivity index (χ2n) is 4.05. The van der Waals surface area contributed by atoms with Crippen LogP contribution < -0.4 is 0 Å². The third-order valence-corrected chi connectivity index (χ3v) is 2.38. The molecule has 3 N–H and O–H groups in total. The zero-order chi connectivity index (χ0) is 13.8. The van der Waals surface area contributed by atoms with E-state index >= 15 is 0 Å². The van der Waals surface area contributed by atoms with Gasteiger partial charge in [0.25, 0.3) is 0 Å². The Balaban J connectivity index is 0.000000327. The summed E-state index contributed by atoms with van der Waals surface area (Å²) in [6.45, 7) is 2.15. The molecule has 0 atom stereocenters. The van der Waals surface area contributed by atoms with Crippen molar-refractivity contribution >= 4 is 5.97 Å². The Labute approximate surface area is 108 Å². The van der Waals surface area contributed by atoms with Gasteiger partial charge in [0.05, 0.1) is 0 Å². The van der Waals surface area contributed by atoms with Gasteiger partial charge in [-0.3, -0.25) is 4.79 Å². The topological polar surface area (TPSA) is 77.8 Å². The number of phenols is 2. The van der Waals surface area contributed by atoms with Crippen LogP contribution in [0.1, 0.15) is 45.4 Å². The summed E-state index contributed by atoms with van der Waals surface area (Å²) < 4.78 is 0. The van der Waals surface area contributed by atoms with Gasteiger partial charge in [0.15, 0.2) is 11.5 Å². The molecule has 1 aromatic carbocycles. The lowest BCUT2D eigenvalue weighted by molar-refractivity contribution is -0.137. The van der Waals surface area contributed by atoms with Crippen molar-refractivity contribution in [2.24, 2.45) is 0 Å². The van der Waals surface area contributed by atoms with Crippen molar-refractivity contribution in [1.82, 2.24) is 0 Å². The highest BCUT2D eigenvalue weighted by Gasteiger charge is 1.94. The summed E-state index contributed by atoms with van der Waals surface area (Å²) in [5.41, 5.74) is 0. The van der Waals surface area contributed by atoms with E-state index in [1.165, 1.54) is 31.4 Å². The van der Waals surface area contributed by atoms with Crippen LogP contribution in [0.4, 0.5) is 0 Å². The quantitative estimate of drug-likeness (QED) is 0.536. The van der Waals surface area contributed by atoms with Gasteiger partial charge in [-0.1, -0.05) is 44.7 Å². The summed E-state index contributed by atoms with van der Waals surface area (Å²) in [5, 5.41) is 25.6. The Morgan fingerprint density at radius 2 is 1.50 bits per heavy atom. The smallest absolute Gasteiger partial charge is 0.303 e. The first-order valence-electron chi connectivity index (χ1n) is 6.26. The number of carboxylic acid groups (broad SMARTS) is 1. The van der Waals surface area contributed by atoms with Crippen molar-refractivity contribution in [2.75, 3.05) is 0 Å². The molecule has 18 heavy (non-hydrogen) atoms. The Bertz CT molecular complexity index is 315. The molecule has 0 aromatic heterocycles. The maximum atomic E-state index is 10.0. The van der Waals surface area contributed by atoms with Crippen molar-refractivity contribution in [3.63, 3.8) is 0 Å². The van der Waals surface area contributed by atoms with Crippen LogP contribution in [0.2, 0.25) is 0 Å². The molecule has 0 radical (unpaired) electrons. The van der Waals surface area contributed by atoms with Gasteiger partial charge < -0.3 is 15.3 Å². The van der Waals surface area contributed by atoms with Crippen LogP contribution in [0.3, 0.4) is 0 Å². The largest absolute Gasteiger partial charge is 0.504 e. The van der Waals surface area contributed by atoms with Crippen molar-refractivity contribution in [1.29, 1.82) is 0 Å². The molecule has 0 saturated carbocycles. The molecule has 0 spiro atoms. The normalized spacial score (nSPS) is 9.39. The minimum absolute atomic E-state index is 0.0764. The average molecular weight is 254 g/mol. The van der Waals surface area contributed by atoms with E-state index in [-0.39, 0.29) is 11.5 Å². The molecule has 0 fully saturated rings. The number of para-hydroxylation sites is 2. The number of aliphatic carboxylic acids is 1. The summed E-state index contributed by atoms with van der Waals surface area (Å²) in [4.78, 5) is 10.0. The van der Waals surface area contributed by atoms with E-state index in [2.05, 4.69) is 6.92 Å². The van der Waals surface area contributed by atoms with E-state index in [1.54, 1.807) is 12.1 Å². The first kappa shape index (κ1) is 16.3. The van der Waals surface area contributed by atoms with Gasteiger partial charge >= 0.3 is 5.97 Å². The molecule has 0 aliphatic heterocycles. The molecule has 0 bridgehead atoms. The van der Waals surface area contributed by atoms with Crippen LogP contribution in [0.5, 0.6) is 11.5 Å². The fraction of sp³-hybridized carbons (Fsp3) is 0.500. The third kappa shape index (κ3) is 9.51. The number of carboxylic acids is 1. The Kier molecular flexibility index (Phi) is 9.45. The minimum Gasteiger partial charge on any atom is -0.504 e. The Morgan fingerprint density at radius 3 is 1.89 bits per heavy atom. The van der Waals surface area contributed by atoms with E-state index in [9.17, 15) is 4.79 Å². The molecular weight excluding hydrogens is 232 g/mol. The monoisotopic (exact) mass is 254 g/mol. The fourth-order valence-corrected chi connectivity index (χ4v) is 1.34. The van der Waals surface area contributed by atoms with Gasteiger partial charge in [-0.15, -0.1) is 0 Å². The number of aromatic hydroxyl groups is 2. The summed E-state index contributed by atoms with van der Waals surface area (Å²) in [7, 11) is 0. The Hall–Kier alpha value is -1.71. The fourth-order valence-electron chi connectivity index (χ4n) is 1.34. The first-order chi connectivity index (χ1) is 8.57. The maximum Gasteiger partial charge on any atom is 0.303 e. The SMILES string of the molecule is CCCCCCCC(=O)O.Oc1ccccc1O. The predicted octanol–water partition coefficient (Wildman–Crippen LogP) is 3.53. The summed E-state index contributed by atoms with van der Waals surface area (Å²) in [6, 6.07) is 6.15. The highest BCUT2D eigenvalue weighted by atomic mass is 16.4. The summed E-state index contributed by atoms with van der Waals surface area (Å²) in [6.07, 6.45) is 5.88. The zero-order valence-corrected chi connectivity index (χ0v) is 10.8. The summed E-state index contributed by atoms with van der Waals surface area (Å²) >= 11 is 0. The standard InChI is InChI=1S/C8H16O2.C6H6O2/c1-2-3-4-5-6-7-8(9)10;7-5-3-1-2-4-6(5)8/h2-7H2,1H3,(H,9,10);1-4,7-8H. The number of unbranched alkanes of at least 4 members (excludes halogenated alkanes) is 4. The van der Waals surface area contributed by atoms with Gasteiger partial charge in [0.2, 0.25) is 0 Å². The predicted molar refractivity (Wildman–Crippen MR) is 70.8 cm³/mol. The van der Waals surface area contributed by atoms with Crippen LogP contribution >= 0.6 is 0 Å². The number of hydrogen-bond donors (Lipinski definition) is 3. The number of hydrogen-bond acceptors (Lipinski definition) is 3. The lowest BCUT2D eigenvalue weighted by atomic mass is 10.1. The molecule has 0 saturated heterocycles. The van der Waals surface area contributed by atoms with Gasteiger partial charge in [-0.2, -0.15) is 0 Å². The molecule has 4 heteroatoms. The second-order valence-corrected chi connectivity index (χ2v) is 4.05. The minimum atomic E-state index is -0.670. The third-order valence-electron chi connectivity index (χ3n) is 2.38. The molecule has 0 aliphatic rings. The van der Waals surface area contributed by atoms with Crippen molar-refractivity contribution in [3.8, 4) is 11.5 Å². The van der Waals surface area contributed by atoms with E-state index in [1.807, 2.05) is 0 Å². The molecule has 102 valence electrons. The lowest BCUT2D eigenvalue weighted by Gasteiger charge is -1.95. The van der Waals surface area contributed by atoms with Gasteiger partial charge in [0.1, 0.15) is 0 Å². The van der Waals surface area contributed by atoms with Gasteiger partial charge in [-0.25, -0.2) is 0 Å². The van der Waals surface area contributed by atoms with E-state index in [4.69, 9.17) is 15.3 Å². The van der Waals surface area contributed by atoms with Crippen molar-refractivity contribution in [2.45, 2.75) is 45.4 Å². The number of rotatable bonds is 6. The van der Waals surface area contributed by atoms with Crippen LogP contribution in [-0.2, 0) is 4.79 Å². The van der Waals surface area contributed by atoms with E-state index < -0.39 is 5.97 Å². The second kappa shape index (κ2) is 10.4. The zero-order valence-electron chi connectivity index (χ0n) is 10.8. The van der Waals surface area contributed by atoms with Gasteiger partial charge in [-0.05, 0) is 18.6 Å². The van der Waals surface area contributed by atoms with E-state index in [0.717, 1.165) is 12.8 Å². The number of carbonyl (C=O) groups is 1. The molecule has 0 aliphatic carbocycles. The average Bonchev–Trinajstić information content (AvgIpc) is 2.33. The molecule has 1 rings (SSSR count). The van der Waals surface area contributed by atoms with Crippen LogP contribution in [0.25, 0.3) is 0 Å². The highest BCUT2D eigenvalue weighted by Crippen LogP contribution is 2.21. The van der Waals surface area contributed by atoms with Crippen molar-refractivity contribution in [3.05, 3.63) is 24.3 Å². The van der Waals surface area contributed by atoms with Crippen LogP contribution in [0.15, 0.2) is 24.3 Å². The molecular formula is C14H22O4. The number of phenolic OH excluding ortho intramolecular Hbond substituents is 2.